The van der Waals surface area contributed by atoms with Gasteiger partial charge in [-0.25, -0.2) is 4.79 Å². The van der Waals surface area contributed by atoms with Gasteiger partial charge in [0.2, 0.25) is 5.69 Å². The minimum Gasteiger partial charge on any atom is -0.454 e. The highest BCUT2D eigenvalue weighted by molar-refractivity contribution is 7.98. The maximum Gasteiger partial charge on any atom is 0.349 e. The Morgan fingerprint density at radius 1 is 1.21 bits per heavy atom. The van der Waals surface area contributed by atoms with Crippen molar-refractivity contribution in [3.63, 3.8) is 0 Å². The molecule has 12 heteroatoms. The summed E-state index contributed by atoms with van der Waals surface area (Å²) in [5.74, 6) is 1.21. The van der Waals surface area contributed by atoms with E-state index in [0.717, 1.165) is 10.2 Å². The Labute approximate surface area is 201 Å². The monoisotopic (exact) mass is 503 g/mol. The standard InChI is InChI=1S/C21H15Cl2N5O4S/c1-33-10-27-5-4-11-6-13(2-3-14(11)20(27)30)32-18-15(22)7-12(8-16(18)23)28-21(31)25-19(29)17(9-24)26-28/h2-3,6-8H,4-5,10H2,1H3,(H,25,29,31). The van der Waals surface area contributed by atoms with Crippen LogP contribution >= 0.6 is 35.0 Å². The minimum absolute atomic E-state index is 0.0202. The van der Waals surface area contributed by atoms with Crippen LogP contribution in [0.3, 0.4) is 0 Å². The molecular weight excluding hydrogens is 489 g/mol. The molecule has 1 N–H and O–H groups in total. The van der Waals surface area contributed by atoms with E-state index in [1.807, 2.05) is 11.2 Å². The number of hydrogen-bond donors (Lipinski definition) is 1. The van der Waals surface area contributed by atoms with Gasteiger partial charge in [-0.05, 0) is 48.6 Å². The molecule has 0 bridgehead atoms. The van der Waals surface area contributed by atoms with E-state index in [2.05, 4.69) is 5.10 Å². The Morgan fingerprint density at radius 3 is 2.61 bits per heavy atom. The first kappa shape index (κ1) is 22.9. The number of benzene rings is 2. The summed E-state index contributed by atoms with van der Waals surface area (Å²) >= 11 is 14.3. The highest BCUT2D eigenvalue weighted by Gasteiger charge is 2.24. The molecule has 0 spiro atoms. The van der Waals surface area contributed by atoms with E-state index in [-0.39, 0.29) is 27.4 Å². The number of carbonyl (C=O) groups is 1. The van der Waals surface area contributed by atoms with E-state index in [1.165, 1.54) is 12.1 Å². The molecule has 0 saturated heterocycles. The molecule has 168 valence electrons. The highest BCUT2D eigenvalue weighted by atomic mass is 35.5. The molecule has 4 rings (SSSR count). The van der Waals surface area contributed by atoms with Crippen LogP contribution in [0.5, 0.6) is 11.5 Å². The quantitative estimate of drug-likeness (QED) is 0.567. The van der Waals surface area contributed by atoms with Crippen LogP contribution < -0.4 is 16.0 Å². The van der Waals surface area contributed by atoms with Gasteiger partial charge >= 0.3 is 5.69 Å². The van der Waals surface area contributed by atoms with Crippen LogP contribution in [-0.2, 0) is 6.42 Å². The molecular formula is C21H15Cl2N5O4S. The smallest absolute Gasteiger partial charge is 0.349 e. The third-order valence-electron chi connectivity index (χ3n) is 4.91. The number of rotatable bonds is 5. The molecule has 1 aliphatic rings. The third-order valence-corrected chi connectivity index (χ3v) is 6.04. The van der Waals surface area contributed by atoms with Crippen LogP contribution in [0.4, 0.5) is 0 Å². The van der Waals surface area contributed by atoms with Crippen LogP contribution in [0.25, 0.3) is 5.69 Å². The summed E-state index contributed by atoms with van der Waals surface area (Å²) in [6.07, 6.45) is 2.64. The number of aromatic amines is 1. The van der Waals surface area contributed by atoms with Gasteiger partial charge in [0.25, 0.3) is 11.5 Å². The van der Waals surface area contributed by atoms with Crippen molar-refractivity contribution in [2.24, 2.45) is 0 Å². The number of H-pyrrole nitrogens is 1. The van der Waals surface area contributed by atoms with E-state index in [9.17, 15) is 14.4 Å². The predicted molar refractivity (Wildman–Crippen MR) is 125 cm³/mol. The van der Waals surface area contributed by atoms with Gasteiger partial charge in [0, 0.05) is 12.1 Å². The first-order valence-electron chi connectivity index (χ1n) is 9.54. The summed E-state index contributed by atoms with van der Waals surface area (Å²) < 4.78 is 6.70. The fraction of sp³-hybridized carbons (Fsp3) is 0.190. The molecule has 9 nitrogen and oxygen atoms in total. The Kier molecular flexibility index (Phi) is 6.47. The zero-order valence-electron chi connectivity index (χ0n) is 17.1. The largest absolute Gasteiger partial charge is 0.454 e. The maximum atomic E-state index is 12.6. The molecule has 1 aliphatic heterocycles. The average molecular weight is 504 g/mol. The average Bonchev–Trinajstić information content (AvgIpc) is 2.78. The summed E-state index contributed by atoms with van der Waals surface area (Å²) in [6.45, 7) is 0.623. The molecule has 0 unspecified atom stereocenters. The van der Waals surface area contributed by atoms with E-state index in [4.69, 9.17) is 33.2 Å². The van der Waals surface area contributed by atoms with Crippen LogP contribution in [0.15, 0.2) is 39.9 Å². The number of carbonyl (C=O) groups excluding carboxylic acids is 1. The molecule has 0 aliphatic carbocycles. The van der Waals surface area contributed by atoms with Crippen molar-refractivity contribution in [3.8, 4) is 23.3 Å². The Balaban J connectivity index is 1.65. The van der Waals surface area contributed by atoms with E-state index in [1.54, 1.807) is 40.9 Å². The number of nitrogens with one attached hydrogen (secondary N) is 1. The molecule has 0 saturated carbocycles. The third kappa shape index (κ3) is 4.48. The van der Waals surface area contributed by atoms with Crippen molar-refractivity contribution < 1.29 is 9.53 Å². The normalized spacial score (nSPS) is 12.9. The first-order valence-corrected chi connectivity index (χ1v) is 11.7. The number of hydrogen-bond acceptors (Lipinski definition) is 7. The summed E-state index contributed by atoms with van der Waals surface area (Å²) in [5.41, 5.74) is -0.589. The van der Waals surface area contributed by atoms with Gasteiger partial charge < -0.3 is 9.64 Å². The number of ether oxygens (including phenoxy) is 1. The van der Waals surface area contributed by atoms with Gasteiger partial charge in [0.1, 0.15) is 11.8 Å². The zero-order valence-corrected chi connectivity index (χ0v) is 19.4. The van der Waals surface area contributed by atoms with Crippen molar-refractivity contribution in [3.05, 3.63) is 78.0 Å². The van der Waals surface area contributed by atoms with Gasteiger partial charge in [-0.3, -0.25) is 14.6 Å². The van der Waals surface area contributed by atoms with Crippen LogP contribution in [-0.4, -0.2) is 44.2 Å². The van der Waals surface area contributed by atoms with Crippen molar-refractivity contribution in [1.82, 2.24) is 19.7 Å². The van der Waals surface area contributed by atoms with Crippen molar-refractivity contribution in [1.29, 1.82) is 5.26 Å². The van der Waals surface area contributed by atoms with E-state index in [0.29, 0.717) is 30.2 Å². The fourth-order valence-corrected chi connectivity index (χ4v) is 4.50. The van der Waals surface area contributed by atoms with Gasteiger partial charge in [0.15, 0.2) is 5.75 Å². The summed E-state index contributed by atoms with van der Waals surface area (Å²) in [4.78, 5) is 40.1. The number of thioether (sulfide) groups is 1. The molecule has 0 atom stereocenters. The molecule has 33 heavy (non-hydrogen) atoms. The van der Waals surface area contributed by atoms with Crippen molar-refractivity contribution in [2.75, 3.05) is 18.7 Å². The second-order valence-corrected chi connectivity index (χ2v) is 8.68. The summed E-state index contributed by atoms with van der Waals surface area (Å²) in [5, 5.41) is 12.9. The van der Waals surface area contributed by atoms with Crippen molar-refractivity contribution in [2.45, 2.75) is 6.42 Å². The lowest BCUT2D eigenvalue weighted by molar-refractivity contribution is 0.0771. The van der Waals surface area contributed by atoms with Crippen molar-refractivity contribution >= 4 is 40.9 Å². The minimum atomic E-state index is -0.890. The first-order chi connectivity index (χ1) is 15.8. The molecule has 0 fully saturated rings. The number of halogens is 2. The molecule has 3 aromatic rings. The number of aromatic nitrogens is 3. The molecule has 2 aromatic carbocycles. The SMILES string of the molecule is CSCN1CCc2cc(Oc3c(Cl)cc(-n4nc(C#N)c(=O)[nH]c4=O)cc3Cl)ccc2C1=O. The van der Waals surface area contributed by atoms with Crippen LogP contribution in [0.2, 0.25) is 10.0 Å². The van der Waals surface area contributed by atoms with Gasteiger partial charge in [-0.2, -0.15) is 9.94 Å². The van der Waals surface area contributed by atoms with Gasteiger partial charge in [-0.1, -0.05) is 23.2 Å². The molecule has 2 heterocycles. The molecule has 1 amide bonds. The maximum absolute atomic E-state index is 12.6. The van der Waals surface area contributed by atoms with Crippen LogP contribution in [0.1, 0.15) is 21.6 Å². The summed E-state index contributed by atoms with van der Waals surface area (Å²) in [7, 11) is 0. The number of amides is 1. The highest BCUT2D eigenvalue weighted by Crippen LogP contribution is 2.38. The second-order valence-electron chi connectivity index (χ2n) is 7.03. The Morgan fingerprint density at radius 2 is 1.94 bits per heavy atom. The predicted octanol–water partition coefficient (Wildman–Crippen LogP) is 3.21. The fourth-order valence-electron chi connectivity index (χ4n) is 3.39. The van der Waals surface area contributed by atoms with Gasteiger partial charge in [0.05, 0.1) is 21.6 Å². The topological polar surface area (TPSA) is 121 Å². The summed E-state index contributed by atoms with van der Waals surface area (Å²) in [6, 6.07) is 9.50. The number of nitriles is 1. The van der Waals surface area contributed by atoms with Crippen LogP contribution in [0, 0.1) is 11.3 Å². The van der Waals surface area contributed by atoms with E-state index < -0.39 is 16.9 Å². The van der Waals surface area contributed by atoms with E-state index >= 15 is 0 Å². The van der Waals surface area contributed by atoms with Gasteiger partial charge in [-0.15, -0.1) is 16.9 Å². The molecule has 1 aromatic heterocycles. The lowest BCUT2D eigenvalue weighted by Crippen LogP contribution is -2.37. The number of nitrogens with zero attached hydrogens (tertiary/aromatic N) is 4. The lowest BCUT2D eigenvalue weighted by Gasteiger charge is -2.28. The number of fused-ring (bicyclic) bond motifs is 1. The Bertz CT molecular complexity index is 1410. The lowest BCUT2D eigenvalue weighted by atomic mass is 9.99. The molecule has 0 radical (unpaired) electrons. The Hall–Kier alpha value is -3.26. The zero-order chi connectivity index (χ0) is 23.7. The second kappa shape index (κ2) is 9.31.